The number of allylic oxidation sites excluding steroid dienone is 1. The molecule has 1 aromatic rings. The van der Waals surface area contributed by atoms with Crippen LogP contribution >= 0.6 is 0 Å². The third-order valence-corrected chi connectivity index (χ3v) is 6.10. The number of hydrogen-bond acceptors (Lipinski definition) is 3. The Morgan fingerprint density at radius 3 is 2.29 bits per heavy atom. The molecule has 1 aliphatic rings. The molecule has 1 saturated heterocycles. The second kappa shape index (κ2) is 7.81. The minimum Gasteiger partial charge on any atom is -0.322 e. The number of sulfonamides is 1. The Morgan fingerprint density at radius 1 is 1.17 bits per heavy atom. The molecule has 7 heteroatoms. The van der Waals surface area contributed by atoms with Gasteiger partial charge < -0.3 is 10.2 Å². The molecule has 1 fully saturated rings. The van der Waals surface area contributed by atoms with Crippen molar-refractivity contribution in [3.63, 3.8) is 0 Å². The average Bonchev–Trinajstić information content (AvgIpc) is 2.59. The number of rotatable bonds is 4. The fourth-order valence-corrected chi connectivity index (χ4v) is 3.79. The average molecular weight is 351 g/mol. The van der Waals surface area contributed by atoms with Gasteiger partial charge in [0.2, 0.25) is 10.0 Å². The van der Waals surface area contributed by atoms with E-state index in [2.05, 4.69) is 5.32 Å². The van der Waals surface area contributed by atoms with E-state index in [1.807, 2.05) is 20.8 Å². The number of nitrogens with zero attached hydrogens (tertiary/aromatic N) is 2. The van der Waals surface area contributed by atoms with Crippen LogP contribution in [0, 0.1) is 6.92 Å². The van der Waals surface area contributed by atoms with Crippen LogP contribution in [0.3, 0.4) is 0 Å². The van der Waals surface area contributed by atoms with Gasteiger partial charge in [-0.25, -0.2) is 13.2 Å². The van der Waals surface area contributed by atoms with Crippen LogP contribution in [0.2, 0.25) is 0 Å². The molecule has 132 valence electrons. The summed E-state index contributed by atoms with van der Waals surface area (Å²) in [4.78, 5) is 14.0. The Morgan fingerprint density at radius 2 is 1.75 bits per heavy atom. The number of urea groups is 1. The maximum absolute atomic E-state index is 12.6. The molecular formula is C17H25N3O3S. The summed E-state index contributed by atoms with van der Waals surface area (Å²) in [6.07, 6.45) is 2.58. The van der Waals surface area contributed by atoms with Gasteiger partial charge in [-0.3, -0.25) is 0 Å². The molecular weight excluding hydrogens is 326 g/mol. The minimum atomic E-state index is -3.49. The first-order chi connectivity index (χ1) is 11.3. The predicted octanol–water partition coefficient (Wildman–Crippen LogP) is 2.32. The van der Waals surface area contributed by atoms with E-state index >= 15 is 0 Å². The zero-order chi connectivity index (χ0) is 17.7. The molecule has 1 N–H and O–H groups in total. The lowest BCUT2D eigenvalue weighted by Gasteiger charge is -2.33. The summed E-state index contributed by atoms with van der Waals surface area (Å²) < 4.78 is 26.7. The van der Waals surface area contributed by atoms with Crippen LogP contribution in [-0.4, -0.2) is 49.8 Å². The molecule has 0 aromatic heterocycles. The van der Waals surface area contributed by atoms with Gasteiger partial charge in [-0.15, -0.1) is 0 Å². The van der Waals surface area contributed by atoms with Crippen LogP contribution in [0.25, 0.3) is 0 Å². The van der Waals surface area contributed by atoms with Crippen molar-refractivity contribution in [2.45, 2.75) is 32.1 Å². The zero-order valence-corrected chi connectivity index (χ0v) is 15.3. The van der Waals surface area contributed by atoms with Gasteiger partial charge in [0.15, 0.2) is 0 Å². The van der Waals surface area contributed by atoms with Crippen LogP contribution in [0.5, 0.6) is 0 Å². The SMILES string of the molecule is CC/C(C)=C/NC(=O)N1CCN(S(=O)(=O)c2ccc(C)cc2)CC1. The van der Waals surface area contributed by atoms with Crippen molar-refractivity contribution in [2.24, 2.45) is 0 Å². The van der Waals surface area contributed by atoms with Crippen LogP contribution in [0.4, 0.5) is 4.79 Å². The highest BCUT2D eigenvalue weighted by Crippen LogP contribution is 2.18. The summed E-state index contributed by atoms with van der Waals surface area (Å²) in [6.45, 7) is 7.27. The number of piperazine rings is 1. The van der Waals surface area contributed by atoms with E-state index in [9.17, 15) is 13.2 Å². The molecule has 2 rings (SSSR count). The second-order valence-electron chi connectivity index (χ2n) is 6.00. The first-order valence-corrected chi connectivity index (χ1v) is 9.56. The molecule has 0 aliphatic carbocycles. The monoisotopic (exact) mass is 351 g/mol. The third kappa shape index (κ3) is 4.36. The quantitative estimate of drug-likeness (QED) is 0.905. The summed E-state index contributed by atoms with van der Waals surface area (Å²) >= 11 is 0. The summed E-state index contributed by atoms with van der Waals surface area (Å²) in [5.41, 5.74) is 2.11. The van der Waals surface area contributed by atoms with Crippen LogP contribution < -0.4 is 5.32 Å². The lowest BCUT2D eigenvalue weighted by Crippen LogP contribution is -2.52. The van der Waals surface area contributed by atoms with E-state index in [4.69, 9.17) is 0 Å². The van der Waals surface area contributed by atoms with Gasteiger partial charge in [0.25, 0.3) is 0 Å². The normalized spacial score (nSPS) is 17.0. The highest BCUT2D eigenvalue weighted by Gasteiger charge is 2.29. The fraction of sp³-hybridized carbons (Fsp3) is 0.471. The van der Waals surface area contributed by atoms with Gasteiger partial charge in [-0.1, -0.05) is 30.2 Å². The lowest BCUT2D eigenvalue weighted by atomic mass is 10.2. The largest absolute Gasteiger partial charge is 0.322 e. The first-order valence-electron chi connectivity index (χ1n) is 8.12. The summed E-state index contributed by atoms with van der Waals surface area (Å²) in [5, 5.41) is 2.75. The molecule has 0 bridgehead atoms. The lowest BCUT2D eigenvalue weighted by molar-refractivity contribution is 0.175. The fourth-order valence-electron chi connectivity index (χ4n) is 2.37. The molecule has 24 heavy (non-hydrogen) atoms. The predicted molar refractivity (Wildman–Crippen MR) is 94.1 cm³/mol. The number of aryl methyl sites for hydroxylation is 1. The molecule has 1 aliphatic heterocycles. The van der Waals surface area contributed by atoms with Gasteiger partial charge in [-0.2, -0.15) is 4.31 Å². The smallest absolute Gasteiger partial charge is 0.321 e. The number of carbonyl (C=O) groups excluding carboxylic acids is 1. The number of hydrogen-bond donors (Lipinski definition) is 1. The molecule has 0 saturated carbocycles. The van der Waals surface area contributed by atoms with E-state index < -0.39 is 10.0 Å². The third-order valence-electron chi connectivity index (χ3n) is 4.18. The number of carbonyl (C=O) groups is 1. The Bertz CT molecular complexity index is 703. The molecule has 0 unspecified atom stereocenters. The number of benzene rings is 1. The highest BCUT2D eigenvalue weighted by atomic mass is 32.2. The molecule has 0 atom stereocenters. The maximum Gasteiger partial charge on any atom is 0.321 e. The Balaban J connectivity index is 1.97. The molecule has 1 aromatic carbocycles. The molecule has 0 spiro atoms. The van der Waals surface area contributed by atoms with Crippen LogP contribution in [0.15, 0.2) is 40.9 Å². The van der Waals surface area contributed by atoms with E-state index in [1.165, 1.54) is 4.31 Å². The van der Waals surface area contributed by atoms with Crippen LogP contribution in [0.1, 0.15) is 25.8 Å². The minimum absolute atomic E-state index is 0.185. The van der Waals surface area contributed by atoms with E-state index in [0.29, 0.717) is 31.1 Å². The van der Waals surface area contributed by atoms with Crippen molar-refractivity contribution in [1.82, 2.24) is 14.5 Å². The van der Waals surface area contributed by atoms with Crippen molar-refractivity contribution in [1.29, 1.82) is 0 Å². The summed E-state index contributed by atoms with van der Waals surface area (Å²) in [7, 11) is -3.49. The van der Waals surface area contributed by atoms with Gasteiger partial charge in [-0.05, 0) is 32.4 Å². The maximum atomic E-state index is 12.6. The standard InChI is InChI=1S/C17H25N3O3S/c1-4-14(2)13-18-17(21)19-9-11-20(12-10-19)24(22,23)16-7-5-15(3)6-8-16/h5-8,13H,4,9-12H2,1-3H3,(H,18,21)/b14-13+. The molecule has 0 radical (unpaired) electrons. The highest BCUT2D eigenvalue weighted by molar-refractivity contribution is 7.89. The van der Waals surface area contributed by atoms with E-state index in [0.717, 1.165) is 17.6 Å². The topological polar surface area (TPSA) is 69.7 Å². The number of amides is 2. The first kappa shape index (κ1) is 18.5. The van der Waals surface area contributed by atoms with Crippen LogP contribution in [-0.2, 0) is 10.0 Å². The van der Waals surface area contributed by atoms with Crippen molar-refractivity contribution >= 4 is 16.1 Å². The van der Waals surface area contributed by atoms with Crippen molar-refractivity contribution in [2.75, 3.05) is 26.2 Å². The summed E-state index contributed by atoms with van der Waals surface area (Å²) in [5.74, 6) is 0. The van der Waals surface area contributed by atoms with Crippen molar-refractivity contribution in [3.8, 4) is 0 Å². The number of nitrogens with one attached hydrogen (secondary N) is 1. The second-order valence-corrected chi connectivity index (χ2v) is 7.94. The summed E-state index contributed by atoms with van der Waals surface area (Å²) in [6, 6.07) is 6.65. The molecule has 1 heterocycles. The Hall–Kier alpha value is -1.86. The van der Waals surface area contributed by atoms with Gasteiger partial charge in [0, 0.05) is 32.4 Å². The van der Waals surface area contributed by atoms with Gasteiger partial charge in [0.1, 0.15) is 0 Å². The van der Waals surface area contributed by atoms with Gasteiger partial charge >= 0.3 is 6.03 Å². The Labute approximate surface area is 144 Å². The van der Waals surface area contributed by atoms with Gasteiger partial charge in [0.05, 0.1) is 4.90 Å². The van der Waals surface area contributed by atoms with Crippen molar-refractivity contribution in [3.05, 3.63) is 41.6 Å². The Kier molecular flexibility index (Phi) is 6.01. The molecule has 2 amide bonds. The van der Waals surface area contributed by atoms with E-state index in [1.54, 1.807) is 35.4 Å². The van der Waals surface area contributed by atoms with E-state index in [-0.39, 0.29) is 6.03 Å². The van der Waals surface area contributed by atoms with Crippen molar-refractivity contribution < 1.29 is 13.2 Å². The molecule has 6 nitrogen and oxygen atoms in total. The zero-order valence-electron chi connectivity index (χ0n) is 14.4.